The predicted octanol–water partition coefficient (Wildman–Crippen LogP) is 2.18. The van der Waals surface area contributed by atoms with Crippen molar-refractivity contribution < 1.29 is 23.9 Å². The SMILES string of the molecule is CCCN1C(=O)N(Cc2ccccc2)C2(CCN(C(=O)C3(C(=O)OC)CC3)CC2)C1=O. The summed E-state index contributed by atoms with van der Waals surface area (Å²) in [4.78, 5) is 56.4. The Morgan fingerprint density at radius 2 is 1.68 bits per heavy atom. The number of imide groups is 1. The molecule has 1 spiro atoms. The van der Waals surface area contributed by atoms with Gasteiger partial charge in [0.2, 0.25) is 5.91 Å². The summed E-state index contributed by atoms with van der Waals surface area (Å²) < 4.78 is 4.84. The number of esters is 1. The normalized spacial score (nSPS) is 21.5. The number of piperidine rings is 1. The molecule has 0 atom stereocenters. The fraction of sp³-hybridized carbons (Fsp3) is 0.565. The van der Waals surface area contributed by atoms with Crippen LogP contribution in [0.1, 0.15) is 44.6 Å². The Morgan fingerprint density at radius 3 is 2.23 bits per heavy atom. The number of benzene rings is 1. The molecule has 2 heterocycles. The number of amides is 4. The Hall–Kier alpha value is -2.90. The zero-order valence-corrected chi connectivity index (χ0v) is 18.1. The smallest absolute Gasteiger partial charge is 0.327 e. The van der Waals surface area contributed by atoms with Crippen molar-refractivity contribution in [3.05, 3.63) is 35.9 Å². The number of hydrogen-bond donors (Lipinski definition) is 0. The zero-order chi connectivity index (χ0) is 22.2. The van der Waals surface area contributed by atoms with E-state index in [4.69, 9.17) is 4.74 Å². The number of rotatable bonds is 6. The summed E-state index contributed by atoms with van der Waals surface area (Å²) in [5, 5.41) is 0. The van der Waals surface area contributed by atoms with E-state index in [1.54, 1.807) is 9.80 Å². The second-order valence-electron chi connectivity index (χ2n) is 8.71. The average Bonchev–Trinajstić information content (AvgIpc) is 3.59. The van der Waals surface area contributed by atoms with Gasteiger partial charge in [-0.2, -0.15) is 0 Å². The molecule has 3 fully saturated rings. The monoisotopic (exact) mass is 427 g/mol. The number of carbonyl (C=O) groups excluding carboxylic acids is 4. The summed E-state index contributed by atoms with van der Waals surface area (Å²) >= 11 is 0. The van der Waals surface area contributed by atoms with Crippen molar-refractivity contribution in [2.45, 2.75) is 51.1 Å². The Balaban J connectivity index is 1.55. The molecular weight excluding hydrogens is 398 g/mol. The van der Waals surface area contributed by atoms with Crippen molar-refractivity contribution in [1.82, 2.24) is 14.7 Å². The van der Waals surface area contributed by atoms with E-state index >= 15 is 0 Å². The summed E-state index contributed by atoms with van der Waals surface area (Å²) in [5.41, 5.74) is -1.03. The van der Waals surface area contributed by atoms with E-state index in [0.717, 1.165) is 5.56 Å². The second kappa shape index (κ2) is 7.98. The van der Waals surface area contributed by atoms with Gasteiger partial charge < -0.3 is 14.5 Å². The summed E-state index contributed by atoms with van der Waals surface area (Å²) in [6.45, 7) is 3.35. The molecule has 8 heteroatoms. The molecule has 1 aromatic carbocycles. The van der Waals surface area contributed by atoms with E-state index in [-0.39, 0.29) is 17.8 Å². The van der Waals surface area contributed by atoms with Gasteiger partial charge in [-0.25, -0.2) is 4.79 Å². The van der Waals surface area contributed by atoms with Crippen LogP contribution in [-0.2, 0) is 25.7 Å². The lowest BCUT2D eigenvalue weighted by atomic mass is 9.85. The molecule has 1 aliphatic carbocycles. The van der Waals surface area contributed by atoms with Crippen LogP contribution in [0.5, 0.6) is 0 Å². The fourth-order valence-corrected chi connectivity index (χ4v) is 4.88. The van der Waals surface area contributed by atoms with Crippen LogP contribution in [0.4, 0.5) is 4.79 Å². The van der Waals surface area contributed by atoms with E-state index in [1.807, 2.05) is 37.3 Å². The summed E-state index contributed by atoms with van der Waals surface area (Å²) in [7, 11) is 1.30. The summed E-state index contributed by atoms with van der Waals surface area (Å²) in [5.74, 6) is -0.868. The van der Waals surface area contributed by atoms with Gasteiger partial charge in [-0.1, -0.05) is 37.3 Å². The van der Waals surface area contributed by atoms with Crippen LogP contribution in [0.15, 0.2) is 30.3 Å². The molecule has 166 valence electrons. The maximum atomic E-state index is 13.4. The van der Waals surface area contributed by atoms with Crippen LogP contribution in [0.2, 0.25) is 0 Å². The van der Waals surface area contributed by atoms with Crippen LogP contribution in [0.3, 0.4) is 0 Å². The Labute approximate surface area is 182 Å². The Bertz CT molecular complexity index is 888. The first-order chi connectivity index (χ1) is 14.9. The lowest BCUT2D eigenvalue weighted by molar-refractivity contribution is -0.158. The van der Waals surface area contributed by atoms with Crippen LogP contribution < -0.4 is 0 Å². The first-order valence-corrected chi connectivity index (χ1v) is 10.9. The van der Waals surface area contributed by atoms with Crippen LogP contribution in [0, 0.1) is 5.41 Å². The fourth-order valence-electron chi connectivity index (χ4n) is 4.88. The highest BCUT2D eigenvalue weighted by Gasteiger charge is 2.62. The van der Waals surface area contributed by atoms with Gasteiger partial charge in [0.1, 0.15) is 11.0 Å². The highest BCUT2D eigenvalue weighted by molar-refractivity contribution is 6.08. The maximum absolute atomic E-state index is 13.4. The van der Waals surface area contributed by atoms with Crippen molar-refractivity contribution in [1.29, 1.82) is 0 Å². The third-order valence-corrected chi connectivity index (χ3v) is 6.87. The van der Waals surface area contributed by atoms with Crippen molar-refractivity contribution in [2.24, 2.45) is 5.41 Å². The Kier molecular flexibility index (Phi) is 5.49. The Morgan fingerprint density at radius 1 is 1.03 bits per heavy atom. The minimum absolute atomic E-state index is 0.170. The lowest BCUT2D eigenvalue weighted by Crippen LogP contribution is -2.58. The number of ether oxygens (including phenoxy) is 1. The van der Waals surface area contributed by atoms with E-state index in [0.29, 0.717) is 58.3 Å². The quantitative estimate of drug-likeness (QED) is 0.395. The maximum Gasteiger partial charge on any atom is 0.327 e. The van der Waals surface area contributed by atoms with E-state index < -0.39 is 16.9 Å². The zero-order valence-electron chi connectivity index (χ0n) is 18.1. The van der Waals surface area contributed by atoms with Crippen molar-refractivity contribution in [2.75, 3.05) is 26.7 Å². The molecule has 0 radical (unpaired) electrons. The number of nitrogens with zero attached hydrogens (tertiary/aromatic N) is 3. The van der Waals surface area contributed by atoms with Crippen molar-refractivity contribution in [3.63, 3.8) is 0 Å². The van der Waals surface area contributed by atoms with Gasteiger partial charge in [-0.15, -0.1) is 0 Å². The number of hydrogen-bond acceptors (Lipinski definition) is 5. The minimum atomic E-state index is -1.05. The molecule has 4 rings (SSSR count). The van der Waals surface area contributed by atoms with Crippen molar-refractivity contribution in [3.8, 4) is 0 Å². The first kappa shape index (κ1) is 21.3. The third-order valence-electron chi connectivity index (χ3n) is 6.87. The predicted molar refractivity (Wildman–Crippen MR) is 112 cm³/mol. The molecule has 2 saturated heterocycles. The van der Waals surface area contributed by atoms with Crippen LogP contribution in [-0.4, -0.2) is 70.8 Å². The molecule has 0 bridgehead atoms. The highest BCUT2D eigenvalue weighted by Crippen LogP contribution is 2.49. The standard InChI is InChI=1S/C23H29N3O5/c1-3-13-25-19(28)23(26(21(25)30)16-17-7-5-4-6-8-17)11-14-24(15-12-23)18(27)22(9-10-22)20(29)31-2/h4-8H,3,9-16H2,1-2H3. The van der Waals surface area contributed by atoms with Crippen LogP contribution in [0.25, 0.3) is 0 Å². The van der Waals surface area contributed by atoms with Gasteiger partial charge in [0.25, 0.3) is 5.91 Å². The third kappa shape index (κ3) is 3.38. The molecule has 2 aliphatic heterocycles. The molecule has 31 heavy (non-hydrogen) atoms. The summed E-state index contributed by atoms with van der Waals surface area (Å²) in [6.07, 6.45) is 2.43. The van der Waals surface area contributed by atoms with Gasteiger partial charge in [0.15, 0.2) is 0 Å². The second-order valence-corrected chi connectivity index (χ2v) is 8.71. The molecule has 1 saturated carbocycles. The largest absolute Gasteiger partial charge is 0.468 e. The highest BCUT2D eigenvalue weighted by atomic mass is 16.5. The van der Waals surface area contributed by atoms with Gasteiger partial charge in [0, 0.05) is 26.2 Å². The van der Waals surface area contributed by atoms with E-state index in [2.05, 4.69) is 0 Å². The molecule has 0 N–H and O–H groups in total. The molecule has 1 aromatic rings. The van der Waals surface area contributed by atoms with Crippen molar-refractivity contribution >= 4 is 23.8 Å². The number of likely N-dealkylation sites (tertiary alicyclic amines) is 1. The molecule has 8 nitrogen and oxygen atoms in total. The average molecular weight is 428 g/mol. The minimum Gasteiger partial charge on any atom is -0.468 e. The molecule has 0 aromatic heterocycles. The van der Waals surface area contributed by atoms with Gasteiger partial charge in [-0.05, 0) is 37.7 Å². The molecule has 0 unspecified atom stereocenters. The van der Waals surface area contributed by atoms with Gasteiger partial charge >= 0.3 is 12.0 Å². The lowest BCUT2D eigenvalue weighted by Gasteiger charge is -2.42. The van der Waals surface area contributed by atoms with Gasteiger partial charge in [-0.3, -0.25) is 19.3 Å². The topological polar surface area (TPSA) is 87.2 Å². The van der Waals surface area contributed by atoms with E-state index in [9.17, 15) is 19.2 Å². The number of carbonyl (C=O) groups is 4. The summed E-state index contributed by atoms with van der Waals surface area (Å²) in [6, 6.07) is 9.37. The van der Waals surface area contributed by atoms with E-state index in [1.165, 1.54) is 12.0 Å². The number of methoxy groups -OCH3 is 1. The first-order valence-electron chi connectivity index (χ1n) is 10.9. The molecule has 4 amide bonds. The number of urea groups is 1. The molecular formula is C23H29N3O5. The van der Waals surface area contributed by atoms with Crippen LogP contribution >= 0.6 is 0 Å². The molecule has 3 aliphatic rings. The van der Waals surface area contributed by atoms with Gasteiger partial charge in [0.05, 0.1) is 7.11 Å².